The lowest BCUT2D eigenvalue weighted by atomic mass is 10.1. The van der Waals surface area contributed by atoms with Gasteiger partial charge in [0.2, 0.25) is 10.0 Å². The van der Waals surface area contributed by atoms with E-state index < -0.39 is 10.0 Å². The fraction of sp³-hybridized carbons (Fsp3) is 0.647. The number of anilines is 1. The summed E-state index contributed by atoms with van der Waals surface area (Å²) in [6, 6.07) is 5.08. The maximum Gasteiger partial charge on any atom is 0.244 e. The molecule has 0 spiro atoms. The summed E-state index contributed by atoms with van der Waals surface area (Å²) in [6.07, 6.45) is 2.71. The van der Waals surface area contributed by atoms with Crippen molar-refractivity contribution in [3.63, 3.8) is 0 Å². The summed E-state index contributed by atoms with van der Waals surface area (Å²) in [5.41, 5.74) is 0.905. The second-order valence-corrected chi connectivity index (χ2v) is 8.74. The van der Waals surface area contributed by atoms with Crippen molar-refractivity contribution in [2.45, 2.75) is 50.1 Å². The minimum absolute atomic E-state index is 0.0947. The Morgan fingerprint density at radius 3 is 2.92 bits per heavy atom. The number of hydrogen-bond donors (Lipinski definition) is 2. The van der Waals surface area contributed by atoms with Crippen molar-refractivity contribution in [2.75, 3.05) is 24.7 Å². The molecule has 1 saturated heterocycles. The highest BCUT2D eigenvalue weighted by molar-refractivity contribution is 7.89. The van der Waals surface area contributed by atoms with Gasteiger partial charge in [-0.3, -0.25) is 0 Å². The first-order chi connectivity index (χ1) is 11.4. The highest BCUT2D eigenvalue weighted by Gasteiger charge is 2.30. The summed E-state index contributed by atoms with van der Waals surface area (Å²) < 4.78 is 33.8. The lowest BCUT2D eigenvalue weighted by molar-refractivity contribution is 0.261. The Balaban J connectivity index is 1.89. The van der Waals surface area contributed by atoms with Gasteiger partial charge in [0.25, 0.3) is 0 Å². The van der Waals surface area contributed by atoms with Crippen molar-refractivity contribution in [1.82, 2.24) is 4.72 Å². The molecule has 134 valence electrons. The second-order valence-electron chi connectivity index (χ2n) is 7.06. The molecule has 2 aliphatic rings. The van der Waals surface area contributed by atoms with Crippen LogP contribution in [0, 0.1) is 5.92 Å². The first-order valence-electron chi connectivity index (χ1n) is 8.57. The number of aliphatic hydroxyl groups excluding tert-OH is 1. The van der Waals surface area contributed by atoms with Crippen LogP contribution < -0.4 is 14.4 Å². The number of nitrogens with one attached hydrogen (secondary N) is 1. The molecule has 0 bridgehead atoms. The van der Waals surface area contributed by atoms with Gasteiger partial charge < -0.3 is 14.7 Å². The summed E-state index contributed by atoms with van der Waals surface area (Å²) in [5, 5.41) is 9.50. The molecule has 0 amide bonds. The van der Waals surface area contributed by atoms with Crippen LogP contribution in [-0.4, -0.2) is 45.4 Å². The Morgan fingerprint density at radius 2 is 2.21 bits per heavy atom. The zero-order chi connectivity index (χ0) is 17.3. The third kappa shape index (κ3) is 3.53. The zero-order valence-electron chi connectivity index (χ0n) is 14.2. The highest BCUT2D eigenvalue weighted by Crippen LogP contribution is 2.34. The molecule has 2 heterocycles. The predicted octanol–water partition coefficient (Wildman–Crippen LogP) is 1.73. The fourth-order valence-corrected chi connectivity index (χ4v) is 4.93. The average Bonchev–Trinajstić information content (AvgIpc) is 2.95. The summed E-state index contributed by atoms with van der Waals surface area (Å²) in [6.45, 7) is 5.43. The van der Waals surface area contributed by atoms with Crippen LogP contribution in [-0.2, 0) is 10.0 Å². The van der Waals surface area contributed by atoms with Crippen molar-refractivity contribution < 1.29 is 18.3 Å². The Hall–Kier alpha value is -1.31. The van der Waals surface area contributed by atoms with Crippen LogP contribution in [0.5, 0.6) is 5.75 Å². The van der Waals surface area contributed by atoms with E-state index in [4.69, 9.17) is 4.74 Å². The van der Waals surface area contributed by atoms with Crippen LogP contribution in [0.3, 0.4) is 0 Å². The second kappa shape index (κ2) is 6.90. The van der Waals surface area contributed by atoms with E-state index >= 15 is 0 Å². The van der Waals surface area contributed by atoms with Gasteiger partial charge in [-0.1, -0.05) is 13.8 Å². The smallest absolute Gasteiger partial charge is 0.244 e. The topological polar surface area (TPSA) is 78.9 Å². The number of ether oxygens (including phenoxy) is 1. The van der Waals surface area contributed by atoms with E-state index in [1.165, 1.54) is 0 Å². The summed E-state index contributed by atoms with van der Waals surface area (Å²) >= 11 is 0. The van der Waals surface area contributed by atoms with E-state index in [1.807, 2.05) is 0 Å². The van der Waals surface area contributed by atoms with Gasteiger partial charge in [0.1, 0.15) is 17.3 Å². The molecule has 0 unspecified atom stereocenters. The quantitative estimate of drug-likeness (QED) is 0.861. The van der Waals surface area contributed by atoms with Gasteiger partial charge >= 0.3 is 0 Å². The summed E-state index contributed by atoms with van der Waals surface area (Å²) in [5.74, 6) is 0.780. The number of sulfonamides is 1. The molecule has 1 aromatic rings. The first-order valence-corrected chi connectivity index (χ1v) is 10.1. The number of rotatable bonds is 4. The van der Waals surface area contributed by atoms with Crippen LogP contribution in [0.1, 0.15) is 33.1 Å². The molecule has 0 aliphatic carbocycles. The molecule has 7 heteroatoms. The number of benzene rings is 1. The summed E-state index contributed by atoms with van der Waals surface area (Å²) in [4.78, 5) is 2.32. The Bertz CT molecular complexity index is 690. The van der Waals surface area contributed by atoms with Crippen molar-refractivity contribution in [3.05, 3.63) is 18.2 Å². The SMILES string of the molecule is CC(C)C[C@@H]1COc2cc(N3CCC[C@@H]3CO)ccc2S(=O)(=O)N1. The van der Waals surface area contributed by atoms with E-state index in [0.29, 0.717) is 18.3 Å². The van der Waals surface area contributed by atoms with Gasteiger partial charge in [-0.25, -0.2) is 13.1 Å². The average molecular weight is 354 g/mol. The van der Waals surface area contributed by atoms with E-state index in [1.54, 1.807) is 18.2 Å². The van der Waals surface area contributed by atoms with Gasteiger partial charge in [-0.15, -0.1) is 0 Å². The van der Waals surface area contributed by atoms with Crippen LogP contribution in [0.2, 0.25) is 0 Å². The van der Waals surface area contributed by atoms with E-state index in [0.717, 1.165) is 31.5 Å². The standard InChI is InChI=1S/C17H26N2O4S/c1-12(2)8-13-11-23-16-9-14(19-7-3-4-15(19)10-20)5-6-17(16)24(21,22)18-13/h5-6,9,12-13,15,18,20H,3-4,7-8,10-11H2,1-2H3/t13-,15-/m1/s1. The van der Waals surface area contributed by atoms with Gasteiger partial charge in [-0.05, 0) is 37.3 Å². The molecular weight excluding hydrogens is 328 g/mol. The number of aliphatic hydroxyl groups is 1. The number of nitrogens with zero attached hydrogens (tertiary/aromatic N) is 1. The Labute approximate surface area is 143 Å². The summed E-state index contributed by atoms with van der Waals surface area (Å²) in [7, 11) is -3.58. The van der Waals surface area contributed by atoms with Gasteiger partial charge in [0, 0.05) is 18.3 Å². The molecule has 24 heavy (non-hydrogen) atoms. The lowest BCUT2D eigenvalue weighted by Gasteiger charge is -2.26. The fourth-order valence-electron chi connectivity index (χ4n) is 3.57. The third-order valence-electron chi connectivity index (χ3n) is 4.65. The minimum Gasteiger partial charge on any atom is -0.490 e. The van der Waals surface area contributed by atoms with E-state index in [9.17, 15) is 13.5 Å². The number of fused-ring (bicyclic) bond motifs is 1. The first kappa shape index (κ1) is 17.5. The normalized spacial score (nSPS) is 26.1. The van der Waals surface area contributed by atoms with Crippen LogP contribution in [0.4, 0.5) is 5.69 Å². The van der Waals surface area contributed by atoms with Crippen molar-refractivity contribution in [3.8, 4) is 5.75 Å². The lowest BCUT2D eigenvalue weighted by Crippen LogP contribution is -2.37. The van der Waals surface area contributed by atoms with Gasteiger partial charge in [0.05, 0.1) is 18.7 Å². The Morgan fingerprint density at radius 1 is 1.42 bits per heavy atom. The molecule has 0 aromatic heterocycles. The zero-order valence-corrected chi connectivity index (χ0v) is 15.1. The molecule has 0 saturated carbocycles. The molecule has 3 rings (SSSR count). The number of hydrogen-bond acceptors (Lipinski definition) is 5. The maximum absolute atomic E-state index is 12.6. The van der Waals surface area contributed by atoms with E-state index in [2.05, 4.69) is 23.5 Å². The van der Waals surface area contributed by atoms with Crippen molar-refractivity contribution >= 4 is 15.7 Å². The highest BCUT2D eigenvalue weighted by atomic mass is 32.2. The molecule has 1 fully saturated rings. The monoisotopic (exact) mass is 354 g/mol. The molecule has 6 nitrogen and oxygen atoms in total. The molecule has 2 atom stereocenters. The van der Waals surface area contributed by atoms with Gasteiger partial charge in [0.15, 0.2) is 0 Å². The largest absolute Gasteiger partial charge is 0.490 e. The molecule has 2 aliphatic heterocycles. The third-order valence-corrected chi connectivity index (χ3v) is 6.21. The van der Waals surface area contributed by atoms with Gasteiger partial charge in [-0.2, -0.15) is 0 Å². The van der Waals surface area contributed by atoms with Crippen LogP contribution in [0.15, 0.2) is 23.1 Å². The Kier molecular flexibility index (Phi) is 5.03. The maximum atomic E-state index is 12.6. The van der Waals surface area contributed by atoms with Crippen LogP contribution >= 0.6 is 0 Å². The van der Waals surface area contributed by atoms with Crippen molar-refractivity contribution in [1.29, 1.82) is 0 Å². The predicted molar refractivity (Wildman–Crippen MR) is 93.0 cm³/mol. The van der Waals surface area contributed by atoms with Crippen molar-refractivity contribution in [2.24, 2.45) is 5.92 Å². The minimum atomic E-state index is -3.58. The van der Waals surface area contributed by atoms with Crippen LogP contribution in [0.25, 0.3) is 0 Å². The molecule has 1 aromatic carbocycles. The molecule has 2 N–H and O–H groups in total. The molecule has 0 radical (unpaired) electrons. The van der Waals surface area contributed by atoms with E-state index in [-0.39, 0.29) is 23.6 Å². The molecular formula is C17H26N2O4S.